The van der Waals surface area contributed by atoms with Crippen molar-refractivity contribution < 1.29 is 8.42 Å². The van der Waals surface area contributed by atoms with Gasteiger partial charge in [-0.05, 0) is 32.0 Å². The molecule has 1 aliphatic rings. The molecule has 1 saturated heterocycles. The van der Waals surface area contributed by atoms with Crippen LogP contribution in [0.25, 0.3) is 0 Å². The van der Waals surface area contributed by atoms with Crippen LogP contribution >= 0.6 is 0 Å². The van der Waals surface area contributed by atoms with Gasteiger partial charge in [-0.25, -0.2) is 0 Å². The SMILES string of the molecule is CNCC1CCCCN1S(=O)(=O)Nc1ccccc1. The lowest BCUT2D eigenvalue weighted by atomic mass is 10.1. The van der Waals surface area contributed by atoms with Gasteiger partial charge in [-0.3, -0.25) is 4.72 Å². The second kappa shape index (κ2) is 6.36. The first kappa shape index (κ1) is 14.3. The fourth-order valence-electron chi connectivity index (χ4n) is 2.44. The van der Waals surface area contributed by atoms with Crippen molar-refractivity contribution in [2.24, 2.45) is 0 Å². The highest BCUT2D eigenvalue weighted by Gasteiger charge is 2.31. The number of piperidine rings is 1. The highest BCUT2D eigenvalue weighted by Crippen LogP contribution is 2.21. The van der Waals surface area contributed by atoms with E-state index in [1.54, 1.807) is 16.4 Å². The molecule has 0 aliphatic carbocycles. The van der Waals surface area contributed by atoms with Gasteiger partial charge in [0.1, 0.15) is 0 Å². The van der Waals surface area contributed by atoms with Crippen LogP contribution in [0.1, 0.15) is 19.3 Å². The Morgan fingerprint density at radius 3 is 2.68 bits per heavy atom. The highest BCUT2D eigenvalue weighted by atomic mass is 32.2. The normalized spacial score (nSPS) is 21.2. The molecule has 1 fully saturated rings. The van der Waals surface area contributed by atoms with Crippen molar-refractivity contribution in [1.82, 2.24) is 9.62 Å². The number of benzene rings is 1. The number of nitrogens with one attached hydrogen (secondary N) is 2. The van der Waals surface area contributed by atoms with E-state index in [4.69, 9.17) is 0 Å². The summed E-state index contributed by atoms with van der Waals surface area (Å²) in [7, 11) is -1.61. The largest absolute Gasteiger partial charge is 0.318 e. The van der Waals surface area contributed by atoms with Crippen molar-refractivity contribution in [2.75, 3.05) is 24.9 Å². The minimum atomic E-state index is -3.46. The van der Waals surface area contributed by atoms with Gasteiger partial charge < -0.3 is 5.32 Å². The molecule has 1 aromatic rings. The summed E-state index contributed by atoms with van der Waals surface area (Å²) in [6, 6.07) is 9.06. The molecule has 2 rings (SSSR count). The van der Waals surface area contributed by atoms with Crippen LogP contribution in [0.5, 0.6) is 0 Å². The molecule has 1 atom stereocenters. The Morgan fingerprint density at radius 2 is 2.00 bits per heavy atom. The van der Waals surface area contributed by atoms with Gasteiger partial charge in [0.15, 0.2) is 0 Å². The van der Waals surface area contributed by atoms with E-state index >= 15 is 0 Å². The van der Waals surface area contributed by atoms with Crippen LogP contribution in [-0.2, 0) is 10.2 Å². The van der Waals surface area contributed by atoms with E-state index in [-0.39, 0.29) is 6.04 Å². The molecule has 2 N–H and O–H groups in total. The Morgan fingerprint density at radius 1 is 1.26 bits per heavy atom. The van der Waals surface area contributed by atoms with Gasteiger partial charge in [-0.1, -0.05) is 24.6 Å². The molecule has 19 heavy (non-hydrogen) atoms. The molecule has 5 nitrogen and oxygen atoms in total. The zero-order chi connectivity index (χ0) is 13.7. The van der Waals surface area contributed by atoms with Crippen LogP contribution in [0.15, 0.2) is 30.3 Å². The Labute approximate surface area is 115 Å². The van der Waals surface area contributed by atoms with Crippen LogP contribution in [0, 0.1) is 0 Å². The van der Waals surface area contributed by atoms with Crippen LogP contribution in [-0.4, -0.2) is 38.9 Å². The van der Waals surface area contributed by atoms with E-state index < -0.39 is 10.2 Å². The van der Waals surface area contributed by atoms with Crippen LogP contribution in [0.4, 0.5) is 5.69 Å². The molecule has 1 unspecified atom stereocenters. The third kappa shape index (κ3) is 3.68. The van der Waals surface area contributed by atoms with Gasteiger partial charge >= 0.3 is 10.2 Å². The minimum absolute atomic E-state index is 0.0416. The van der Waals surface area contributed by atoms with E-state index in [9.17, 15) is 8.42 Å². The molecule has 1 aromatic carbocycles. The number of likely N-dealkylation sites (N-methyl/N-ethyl adjacent to an activating group) is 1. The molecular weight excluding hydrogens is 262 g/mol. The molecule has 0 aromatic heterocycles. The first-order chi connectivity index (χ1) is 9.13. The molecule has 6 heteroatoms. The number of rotatable bonds is 5. The maximum Gasteiger partial charge on any atom is 0.301 e. The van der Waals surface area contributed by atoms with E-state index in [2.05, 4.69) is 10.0 Å². The Bertz CT molecular complexity index is 488. The average Bonchev–Trinajstić information content (AvgIpc) is 2.40. The molecule has 0 spiro atoms. The molecule has 106 valence electrons. The number of hydrogen-bond donors (Lipinski definition) is 2. The van der Waals surface area contributed by atoms with Crippen LogP contribution < -0.4 is 10.0 Å². The van der Waals surface area contributed by atoms with Gasteiger partial charge in [0, 0.05) is 24.8 Å². The Kier molecular flexibility index (Phi) is 4.79. The predicted molar refractivity (Wildman–Crippen MR) is 77.3 cm³/mol. The summed E-state index contributed by atoms with van der Waals surface area (Å²) in [4.78, 5) is 0. The fraction of sp³-hybridized carbons (Fsp3) is 0.538. The van der Waals surface area contributed by atoms with Gasteiger partial charge in [0.25, 0.3) is 0 Å². The summed E-state index contributed by atoms with van der Waals surface area (Å²) >= 11 is 0. The standard InChI is InChI=1S/C13H21N3O2S/c1-14-11-13-9-5-6-10-16(13)19(17,18)15-12-7-3-2-4-8-12/h2-4,7-8,13-15H,5-6,9-11H2,1H3. The molecule has 1 heterocycles. The summed E-state index contributed by atoms with van der Waals surface area (Å²) in [6.07, 6.45) is 2.93. The smallest absolute Gasteiger partial charge is 0.301 e. The maximum absolute atomic E-state index is 12.4. The predicted octanol–water partition coefficient (Wildman–Crippen LogP) is 1.42. The number of nitrogens with zero attached hydrogens (tertiary/aromatic N) is 1. The fourth-order valence-corrected chi connectivity index (χ4v) is 3.94. The third-order valence-corrected chi connectivity index (χ3v) is 4.93. The minimum Gasteiger partial charge on any atom is -0.318 e. The lowest BCUT2D eigenvalue weighted by molar-refractivity contribution is 0.250. The summed E-state index contributed by atoms with van der Waals surface area (Å²) < 4.78 is 29.1. The number of hydrogen-bond acceptors (Lipinski definition) is 3. The van der Waals surface area contributed by atoms with Gasteiger partial charge in [0.2, 0.25) is 0 Å². The quantitative estimate of drug-likeness (QED) is 0.859. The third-order valence-electron chi connectivity index (χ3n) is 3.34. The molecule has 0 bridgehead atoms. The van der Waals surface area contributed by atoms with Crippen molar-refractivity contribution in [3.8, 4) is 0 Å². The van der Waals surface area contributed by atoms with Crippen LogP contribution in [0.3, 0.4) is 0 Å². The lowest BCUT2D eigenvalue weighted by Gasteiger charge is -2.34. The van der Waals surface area contributed by atoms with E-state index in [1.165, 1.54) is 0 Å². The van der Waals surface area contributed by atoms with Crippen LogP contribution in [0.2, 0.25) is 0 Å². The summed E-state index contributed by atoms with van der Waals surface area (Å²) in [5.41, 5.74) is 0.608. The first-order valence-corrected chi connectivity index (χ1v) is 8.07. The highest BCUT2D eigenvalue weighted by molar-refractivity contribution is 7.90. The van der Waals surface area contributed by atoms with Crippen molar-refractivity contribution in [3.05, 3.63) is 30.3 Å². The monoisotopic (exact) mass is 283 g/mol. The Hall–Kier alpha value is -1.11. The molecule has 0 radical (unpaired) electrons. The maximum atomic E-state index is 12.4. The zero-order valence-corrected chi connectivity index (χ0v) is 12.0. The molecular formula is C13H21N3O2S. The summed E-state index contributed by atoms with van der Waals surface area (Å²) in [5, 5.41) is 3.07. The van der Waals surface area contributed by atoms with Gasteiger partial charge in [-0.2, -0.15) is 12.7 Å². The topological polar surface area (TPSA) is 61.4 Å². The number of anilines is 1. The summed E-state index contributed by atoms with van der Waals surface area (Å²) in [6.45, 7) is 1.28. The van der Waals surface area contributed by atoms with Gasteiger partial charge in [-0.15, -0.1) is 0 Å². The second-order valence-electron chi connectivity index (χ2n) is 4.79. The van der Waals surface area contributed by atoms with E-state index in [0.29, 0.717) is 18.8 Å². The zero-order valence-electron chi connectivity index (χ0n) is 11.2. The van der Waals surface area contributed by atoms with E-state index in [0.717, 1.165) is 19.3 Å². The van der Waals surface area contributed by atoms with Crippen molar-refractivity contribution in [2.45, 2.75) is 25.3 Å². The van der Waals surface area contributed by atoms with E-state index in [1.807, 2.05) is 25.2 Å². The van der Waals surface area contributed by atoms with Crippen molar-refractivity contribution in [1.29, 1.82) is 0 Å². The lowest BCUT2D eigenvalue weighted by Crippen LogP contribution is -2.49. The molecule has 0 amide bonds. The van der Waals surface area contributed by atoms with Crippen molar-refractivity contribution >= 4 is 15.9 Å². The number of para-hydroxylation sites is 1. The molecule has 0 saturated carbocycles. The Balaban J connectivity index is 2.13. The van der Waals surface area contributed by atoms with Gasteiger partial charge in [0.05, 0.1) is 0 Å². The first-order valence-electron chi connectivity index (χ1n) is 6.63. The average molecular weight is 283 g/mol. The van der Waals surface area contributed by atoms with Crippen molar-refractivity contribution in [3.63, 3.8) is 0 Å². The summed E-state index contributed by atoms with van der Waals surface area (Å²) in [5.74, 6) is 0. The molecule has 1 aliphatic heterocycles. The second-order valence-corrected chi connectivity index (χ2v) is 6.41.